The highest BCUT2D eigenvalue weighted by molar-refractivity contribution is 9.10. The molecule has 0 bridgehead atoms. The fraction of sp³-hybridized carbons (Fsp3) is 0.133. The fourth-order valence-electron chi connectivity index (χ4n) is 2.16. The van der Waals surface area contributed by atoms with Crippen LogP contribution in [0.25, 0.3) is 10.8 Å². The third-order valence-corrected chi connectivity index (χ3v) is 3.94. The van der Waals surface area contributed by atoms with Crippen molar-refractivity contribution in [1.82, 2.24) is 5.43 Å². The summed E-state index contributed by atoms with van der Waals surface area (Å²) in [5.74, 6) is -0.452. The van der Waals surface area contributed by atoms with Crippen LogP contribution in [0, 0.1) is 0 Å². The standard InChI is InChI=1S/C15H12BrN3O2/c16-12-3-1-2-9-8-10(4-5-11(9)12)17-15(21)13-6-7-14(20)19-18-13/h1-5,8H,6-7H2,(H,17,21)(H,19,20). The fourth-order valence-corrected chi connectivity index (χ4v) is 2.68. The van der Waals surface area contributed by atoms with Crippen LogP contribution in [-0.4, -0.2) is 17.5 Å². The molecular formula is C15H12BrN3O2. The number of benzene rings is 2. The largest absolute Gasteiger partial charge is 0.321 e. The lowest BCUT2D eigenvalue weighted by Gasteiger charge is -2.12. The maximum Gasteiger partial charge on any atom is 0.271 e. The van der Waals surface area contributed by atoms with Gasteiger partial charge in [-0.25, -0.2) is 5.43 Å². The normalized spacial score (nSPS) is 14.5. The second kappa shape index (κ2) is 5.65. The highest BCUT2D eigenvalue weighted by atomic mass is 79.9. The van der Waals surface area contributed by atoms with Gasteiger partial charge in [-0.15, -0.1) is 0 Å². The van der Waals surface area contributed by atoms with Crippen LogP contribution in [0.4, 0.5) is 5.69 Å². The lowest BCUT2D eigenvalue weighted by molar-refractivity contribution is -0.121. The highest BCUT2D eigenvalue weighted by Gasteiger charge is 2.18. The number of carbonyl (C=O) groups is 2. The van der Waals surface area contributed by atoms with Crippen LogP contribution in [0.1, 0.15) is 12.8 Å². The van der Waals surface area contributed by atoms with Gasteiger partial charge in [0.1, 0.15) is 5.71 Å². The minimum atomic E-state index is -0.288. The van der Waals surface area contributed by atoms with Gasteiger partial charge in [0.2, 0.25) is 5.91 Å². The lowest BCUT2D eigenvalue weighted by Crippen LogP contribution is -2.32. The van der Waals surface area contributed by atoms with Crippen molar-refractivity contribution < 1.29 is 9.59 Å². The molecule has 2 aromatic carbocycles. The molecule has 2 amide bonds. The summed E-state index contributed by atoms with van der Waals surface area (Å²) in [6.07, 6.45) is 0.647. The molecule has 1 heterocycles. The molecule has 0 radical (unpaired) electrons. The van der Waals surface area contributed by atoms with Crippen LogP contribution >= 0.6 is 15.9 Å². The Labute approximate surface area is 129 Å². The zero-order valence-electron chi connectivity index (χ0n) is 11.0. The quantitative estimate of drug-likeness (QED) is 0.878. The Morgan fingerprint density at radius 2 is 2.10 bits per heavy atom. The van der Waals surface area contributed by atoms with E-state index >= 15 is 0 Å². The van der Waals surface area contributed by atoms with Crippen molar-refractivity contribution in [3.63, 3.8) is 0 Å². The van der Waals surface area contributed by atoms with E-state index in [0.717, 1.165) is 15.2 Å². The van der Waals surface area contributed by atoms with Crippen molar-refractivity contribution in [1.29, 1.82) is 0 Å². The maximum atomic E-state index is 12.1. The molecule has 3 rings (SSSR count). The van der Waals surface area contributed by atoms with Crippen LogP contribution in [0.3, 0.4) is 0 Å². The van der Waals surface area contributed by atoms with Gasteiger partial charge >= 0.3 is 0 Å². The molecule has 0 aliphatic carbocycles. The SMILES string of the molecule is O=C1CCC(C(=O)Nc2ccc3c(Br)cccc3c2)=NN1. The molecule has 0 spiro atoms. The topological polar surface area (TPSA) is 70.6 Å². The Balaban J connectivity index is 1.82. The number of hydrogen-bond donors (Lipinski definition) is 2. The molecule has 0 saturated heterocycles. The average molecular weight is 346 g/mol. The number of nitrogens with zero attached hydrogens (tertiary/aromatic N) is 1. The van der Waals surface area contributed by atoms with E-state index in [1.54, 1.807) is 0 Å². The van der Waals surface area contributed by atoms with Crippen LogP contribution in [0.5, 0.6) is 0 Å². The number of nitrogens with one attached hydrogen (secondary N) is 2. The van der Waals surface area contributed by atoms with Gasteiger partial charge in [0.25, 0.3) is 5.91 Å². The Kier molecular flexibility index (Phi) is 3.70. The third kappa shape index (κ3) is 2.95. The van der Waals surface area contributed by atoms with E-state index < -0.39 is 0 Å². The molecule has 1 aliphatic rings. The van der Waals surface area contributed by atoms with Crippen LogP contribution in [0.15, 0.2) is 46.0 Å². The first-order chi connectivity index (χ1) is 10.1. The molecule has 0 saturated carbocycles. The Morgan fingerprint density at radius 1 is 1.24 bits per heavy atom. The summed E-state index contributed by atoms with van der Waals surface area (Å²) in [7, 11) is 0. The predicted octanol–water partition coefficient (Wildman–Crippen LogP) is 2.81. The number of anilines is 1. The summed E-state index contributed by atoms with van der Waals surface area (Å²) < 4.78 is 1.01. The van der Waals surface area contributed by atoms with E-state index in [-0.39, 0.29) is 18.2 Å². The molecule has 0 aromatic heterocycles. The first kappa shape index (κ1) is 13.8. The van der Waals surface area contributed by atoms with Crippen molar-refractivity contribution in [2.75, 3.05) is 5.32 Å². The van der Waals surface area contributed by atoms with E-state index in [4.69, 9.17) is 0 Å². The minimum absolute atomic E-state index is 0.165. The summed E-state index contributed by atoms with van der Waals surface area (Å²) in [6, 6.07) is 11.6. The van der Waals surface area contributed by atoms with Crippen molar-refractivity contribution in [2.24, 2.45) is 5.10 Å². The van der Waals surface area contributed by atoms with Gasteiger partial charge in [0.05, 0.1) is 0 Å². The summed E-state index contributed by atoms with van der Waals surface area (Å²) in [6.45, 7) is 0. The number of amides is 2. The average Bonchev–Trinajstić information content (AvgIpc) is 2.48. The molecule has 21 heavy (non-hydrogen) atoms. The summed E-state index contributed by atoms with van der Waals surface area (Å²) in [5.41, 5.74) is 3.35. The van der Waals surface area contributed by atoms with Crippen molar-refractivity contribution in [3.05, 3.63) is 40.9 Å². The van der Waals surface area contributed by atoms with Crippen LogP contribution < -0.4 is 10.7 Å². The molecule has 0 fully saturated rings. The molecule has 1 aliphatic heterocycles. The minimum Gasteiger partial charge on any atom is -0.321 e. The number of hydrogen-bond acceptors (Lipinski definition) is 3. The van der Waals surface area contributed by atoms with Crippen LogP contribution in [-0.2, 0) is 9.59 Å². The summed E-state index contributed by atoms with van der Waals surface area (Å²) >= 11 is 3.49. The second-order valence-electron chi connectivity index (χ2n) is 4.72. The van der Waals surface area contributed by atoms with E-state index in [1.165, 1.54) is 0 Å². The van der Waals surface area contributed by atoms with Crippen molar-refractivity contribution in [2.45, 2.75) is 12.8 Å². The van der Waals surface area contributed by atoms with Gasteiger partial charge in [-0.05, 0) is 29.0 Å². The monoisotopic (exact) mass is 345 g/mol. The smallest absolute Gasteiger partial charge is 0.271 e. The maximum absolute atomic E-state index is 12.1. The van der Waals surface area contributed by atoms with Crippen molar-refractivity contribution in [3.8, 4) is 0 Å². The zero-order valence-corrected chi connectivity index (χ0v) is 12.6. The predicted molar refractivity (Wildman–Crippen MR) is 85.1 cm³/mol. The van der Waals surface area contributed by atoms with E-state index in [1.807, 2.05) is 36.4 Å². The first-order valence-corrected chi connectivity index (χ1v) is 7.28. The van der Waals surface area contributed by atoms with Gasteiger partial charge < -0.3 is 5.32 Å². The number of carbonyl (C=O) groups excluding carboxylic acids is 2. The molecular weight excluding hydrogens is 334 g/mol. The van der Waals surface area contributed by atoms with Crippen molar-refractivity contribution >= 4 is 49.9 Å². The Bertz CT molecular complexity index is 771. The van der Waals surface area contributed by atoms with E-state index in [2.05, 4.69) is 31.8 Å². The highest BCUT2D eigenvalue weighted by Crippen LogP contribution is 2.26. The second-order valence-corrected chi connectivity index (χ2v) is 5.58. The summed E-state index contributed by atoms with van der Waals surface area (Å²) in [5, 5.41) is 8.69. The zero-order chi connectivity index (χ0) is 14.8. The van der Waals surface area contributed by atoms with Gasteiger partial charge in [-0.1, -0.05) is 34.1 Å². The number of fused-ring (bicyclic) bond motifs is 1. The summed E-state index contributed by atoms with van der Waals surface area (Å²) in [4.78, 5) is 23.1. The molecule has 2 aromatic rings. The molecule has 6 heteroatoms. The lowest BCUT2D eigenvalue weighted by atomic mass is 10.1. The molecule has 0 unspecified atom stereocenters. The number of rotatable bonds is 2. The Morgan fingerprint density at radius 3 is 2.86 bits per heavy atom. The Hall–Kier alpha value is -2.21. The van der Waals surface area contributed by atoms with Gasteiger partial charge in [-0.3, -0.25) is 9.59 Å². The van der Waals surface area contributed by atoms with E-state index in [9.17, 15) is 9.59 Å². The van der Waals surface area contributed by atoms with Gasteiger partial charge in [0, 0.05) is 23.0 Å². The van der Waals surface area contributed by atoms with Gasteiger partial charge in [0.15, 0.2) is 0 Å². The van der Waals surface area contributed by atoms with Gasteiger partial charge in [-0.2, -0.15) is 5.10 Å². The molecule has 0 atom stereocenters. The van der Waals surface area contributed by atoms with Crippen LogP contribution in [0.2, 0.25) is 0 Å². The molecule has 2 N–H and O–H groups in total. The molecule has 5 nitrogen and oxygen atoms in total. The number of halogens is 1. The van der Waals surface area contributed by atoms with E-state index in [0.29, 0.717) is 17.8 Å². The third-order valence-electron chi connectivity index (χ3n) is 3.25. The first-order valence-electron chi connectivity index (χ1n) is 6.48. The number of hydrazone groups is 1. The molecule has 106 valence electrons.